The number of benzene rings is 1. The predicted octanol–water partition coefficient (Wildman–Crippen LogP) is 1.23. The van der Waals surface area contributed by atoms with Crippen LogP contribution in [0, 0.1) is 0 Å². The minimum atomic E-state index is -0.911. The fraction of sp³-hybridized carbons (Fsp3) is 0.417. The molecule has 6 heteroatoms. The zero-order chi connectivity index (χ0) is 13.7. The normalized spacial score (nSPS) is 9.78. The SMILES string of the molecule is COc1cc(N(C)CC(=O)O)cc(OC)c1OC. The highest BCUT2D eigenvalue weighted by Gasteiger charge is 2.15. The molecule has 1 aromatic carbocycles. The van der Waals surface area contributed by atoms with Crippen LogP contribution in [0.25, 0.3) is 0 Å². The standard InChI is InChI=1S/C12H17NO5/c1-13(7-11(14)15)8-5-9(16-2)12(18-4)10(6-8)17-3/h5-6H,7H2,1-4H3,(H,14,15). The van der Waals surface area contributed by atoms with E-state index in [4.69, 9.17) is 19.3 Å². The van der Waals surface area contributed by atoms with Crippen LogP contribution in [0.1, 0.15) is 0 Å². The van der Waals surface area contributed by atoms with Crippen LogP contribution >= 0.6 is 0 Å². The lowest BCUT2D eigenvalue weighted by molar-refractivity contribution is -0.135. The van der Waals surface area contributed by atoms with Crippen LogP contribution in [-0.4, -0.2) is 46.0 Å². The molecule has 0 bridgehead atoms. The average molecular weight is 255 g/mol. The van der Waals surface area contributed by atoms with Crippen molar-refractivity contribution in [3.8, 4) is 17.2 Å². The number of anilines is 1. The van der Waals surface area contributed by atoms with Crippen LogP contribution in [-0.2, 0) is 4.79 Å². The summed E-state index contributed by atoms with van der Waals surface area (Å²) in [5.74, 6) is 0.548. The van der Waals surface area contributed by atoms with Gasteiger partial charge in [0.2, 0.25) is 5.75 Å². The lowest BCUT2D eigenvalue weighted by Gasteiger charge is -2.20. The summed E-state index contributed by atoms with van der Waals surface area (Å²) in [7, 11) is 6.21. The number of carboxylic acids is 1. The summed E-state index contributed by atoms with van der Waals surface area (Å²) in [4.78, 5) is 12.3. The fourth-order valence-electron chi connectivity index (χ4n) is 1.58. The van der Waals surface area contributed by atoms with Crippen molar-refractivity contribution in [1.29, 1.82) is 0 Å². The van der Waals surface area contributed by atoms with Gasteiger partial charge in [0.1, 0.15) is 6.54 Å². The van der Waals surface area contributed by atoms with Crippen molar-refractivity contribution in [2.75, 3.05) is 39.8 Å². The molecular weight excluding hydrogens is 238 g/mol. The molecular formula is C12H17NO5. The molecule has 0 atom stereocenters. The summed E-state index contributed by atoms with van der Waals surface area (Å²) >= 11 is 0. The number of carboxylic acid groups (broad SMARTS) is 1. The van der Waals surface area contributed by atoms with Gasteiger partial charge in [-0.15, -0.1) is 0 Å². The van der Waals surface area contributed by atoms with Crippen molar-refractivity contribution in [3.63, 3.8) is 0 Å². The maximum absolute atomic E-state index is 10.7. The third-order valence-corrected chi connectivity index (χ3v) is 2.46. The number of nitrogens with zero attached hydrogens (tertiary/aromatic N) is 1. The molecule has 18 heavy (non-hydrogen) atoms. The number of rotatable bonds is 6. The van der Waals surface area contributed by atoms with Crippen LogP contribution < -0.4 is 19.1 Å². The minimum Gasteiger partial charge on any atom is -0.493 e. The Morgan fingerprint density at radius 1 is 1.17 bits per heavy atom. The van der Waals surface area contributed by atoms with Gasteiger partial charge in [-0.3, -0.25) is 4.79 Å². The Labute approximate surface area is 106 Å². The molecule has 1 rings (SSSR count). The highest BCUT2D eigenvalue weighted by molar-refractivity contribution is 5.74. The van der Waals surface area contributed by atoms with E-state index in [9.17, 15) is 4.79 Å². The first-order valence-electron chi connectivity index (χ1n) is 5.26. The zero-order valence-corrected chi connectivity index (χ0v) is 10.9. The molecule has 0 aliphatic heterocycles. The van der Waals surface area contributed by atoms with E-state index in [2.05, 4.69) is 0 Å². The van der Waals surface area contributed by atoms with E-state index in [1.807, 2.05) is 0 Å². The van der Waals surface area contributed by atoms with Gasteiger partial charge < -0.3 is 24.2 Å². The summed E-state index contributed by atoms with van der Waals surface area (Å²) in [5, 5.41) is 8.77. The summed E-state index contributed by atoms with van der Waals surface area (Å²) in [6, 6.07) is 3.40. The summed E-state index contributed by atoms with van der Waals surface area (Å²) in [5.41, 5.74) is 0.673. The monoisotopic (exact) mass is 255 g/mol. The number of aliphatic carboxylic acids is 1. The van der Waals surface area contributed by atoms with Gasteiger partial charge >= 0.3 is 5.97 Å². The second-order valence-electron chi connectivity index (χ2n) is 3.63. The molecule has 100 valence electrons. The third kappa shape index (κ3) is 2.97. The first-order chi connectivity index (χ1) is 8.53. The molecule has 1 aromatic rings. The fourth-order valence-corrected chi connectivity index (χ4v) is 1.58. The zero-order valence-electron chi connectivity index (χ0n) is 10.9. The Morgan fingerprint density at radius 3 is 2.00 bits per heavy atom. The van der Waals surface area contributed by atoms with E-state index >= 15 is 0 Å². The van der Waals surface area contributed by atoms with Gasteiger partial charge in [0, 0.05) is 24.9 Å². The molecule has 1 N–H and O–H groups in total. The molecule has 6 nitrogen and oxygen atoms in total. The molecule has 0 saturated carbocycles. The van der Waals surface area contributed by atoms with Crippen molar-refractivity contribution >= 4 is 11.7 Å². The molecule has 0 spiro atoms. The number of hydrogen-bond acceptors (Lipinski definition) is 5. The number of ether oxygens (including phenoxy) is 3. The molecule has 0 unspecified atom stereocenters. The number of carbonyl (C=O) groups is 1. The van der Waals surface area contributed by atoms with E-state index in [1.54, 1.807) is 24.1 Å². The molecule has 0 radical (unpaired) electrons. The second kappa shape index (κ2) is 6.00. The van der Waals surface area contributed by atoms with Crippen LogP contribution in [0.4, 0.5) is 5.69 Å². The largest absolute Gasteiger partial charge is 0.493 e. The minimum absolute atomic E-state index is 0.112. The second-order valence-corrected chi connectivity index (χ2v) is 3.63. The Hall–Kier alpha value is -2.11. The summed E-state index contributed by atoms with van der Waals surface area (Å²) in [6.07, 6.45) is 0. The van der Waals surface area contributed by atoms with Gasteiger partial charge in [0.05, 0.1) is 21.3 Å². The highest BCUT2D eigenvalue weighted by atomic mass is 16.5. The number of likely N-dealkylation sites (N-methyl/N-ethyl adjacent to an activating group) is 1. The van der Waals surface area contributed by atoms with Gasteiger partial charge in [-0.05, 0) is 0 Å². The lowest BCUT2D eigenvalue weighted by atomic mass is 10.2. The lowest BCUT2D eigenvalue weighted by Crippen LogP contribution is -2.25. The first-order valence-corrected chi connectivity index (χ1v) is 5.26. The van der Waals surface area contributed by atoms with Crippen molar-refractivity contribution in [2.45, 2.75) is 0 Å². The van der Waals surface area contributed by atoms with Gasteiger partial charge in [-0.1, -0.05) is 0 Å². The Bertz CT molecular complexity index is 407. The molecule has 0 heterocycles. The van der Waals surface area contributed by atoms with E-state index < -0.39 is 5.97 Å². The maximum atomic E-state index is 10.7. The number of methoxy groups -OCH3 is 3. The van der Waals surface area contributed by atoms with E-state index in [-0.39, 0.29) is 6.54 Å². The topological polar surface area (TPSA) is 68.2 Å². The van der Waals surface area contributed by atoms with Crippen molar-refractivity contribution in [1.82, 2.24) is 0 Å². The van der Waals surface area contributed by atoms with Crippen LogP contribution in [0.5, 0.6) is 17.2 Å². The van der Waals surface area contributed by atoms with Crippen molar-refractivity contribution in [2.24, 2.45) is 0 Å². The average Bonchev–Trinajstić information content (AvgIpc) is 2.35. The molecule has 0 saturated heterocycles. The maximum Gasteiger partial charge on any atom is 0.323 e. The molecule has 0 fully saturated rings. The first kappa shape index (κ1) is 14.0. The van der Waals surface area contributed by atoms with Crippen LogP contribution in [0.2, 0.25) is 0 Å². The smallest absolute Gasteiger partial charge is 0.323 e. The molecule has 0 aromatic heterocycles. The third-order valence-electron chi connectivity index (χ3n) is 2.46. The van der Waals surface area contributed by atoms with E-state index in [0.29, 0.717) is 22.9 Å². The van der Waals surface area contributed by atoms with Gasteiger partial charge in [-0.2, -0.15) is 0 Å². The van der Waals surface area contributed by atoms with Gasteiger partial charge in [0.15, 0.2) is 11.5 Å². The summed E-state index contributed by atoms with van der Waals surface area (Å²) in [6.45, 7) is -0.112. The Morgan fingerprint density at radius 2 is 1.67 bits per heavy atom. The Balaban J connectivity index is 3.18. The van der Waals surface area contributed by atoms with E-state index in [0.717, 1.165) is 0 Å². The predicted molar refractivity (Wildman–Crippen MR) is 67.0 cm³/mol. The van der Waals surface area contributed by atoms with Crippen LogP contribution in [0.3, 0.4) is 0 Å². The van der Waals surface area contributed by atoms with Crippen molar-refractivity contribution in [3.05, 3.63) is 12.1 Å². The summed E-state index contributed by atoms with van der Waals surface area (Å²) < 4.78 is 15.6. The van der Waals surface area contributed by atoms with Gasteiger partial charge in [0.25, 0.3) is 0 Å². The Kier molecular flexibility index (Phi) is 4.65. The van der Waals surface area contributed by atoms with Gasteiger partial charge in [-0.25, -0.2) is 0 Å². The van der Waals surface area contributed by atoms with E-state index in [1.165, 1.54) is 21.3 Å². The van der Waals surface area contributed by atoms with Crippen molar-refractivity contribution < 1.29 is 24.1 Å². The highest BCUT2D eigenvalue weighted by Crippen LogP contribution is 2.40. The quantitative estimate of drug-likeness (QED) is 0.824. The molecule has 0 amide bonds. The van der Waals surface area contributed by atoms with Crippen LogP contribution in [0.15, 0.2) is 12.1 Å². The molecule has 0 aliphatic rings. The molecule has 0 aliphatic carbocycles. The number of hydrogen-bond donors (Lipinski definition) is 1.